The molecule has 0 spiro atoms. The molecule has 0 saturated carbocycles. The minimum atomic E-state index is -0.129. The second kappa shape index (κ2) is 13.9. The highest BCUT2D eigenvalue weighted by Crippen LogP contribution is 2.41. The summed E-state index contributed by atoms with van der Waals surface area (Å²) in [6.45, 7) is 1.53. The van der Waals surface area contributed by atoms with Crippen LogP contribution in [0.15, 0.2) is 72.8 Å². The van der Waals surface area contributed by atoms with E-state index in [2.05, 4.69) is 72.8 Å². The Morgan fingerprint density at radius 3 is 2.37 bits per heavy atom. The summed E-state index contributed by atoms with van der Waals surface area (Å²) in [5, 5.41) is 0. The molecule has 0 aromatic heterocycles. The first-order valence-electron chi connectivity index (χ1n) is 14.3. The summed E-state index contributed by atoms with van der Waals surface area (Å²) in [6, 6.07) is 26.1. The van der Waals surface area contributed by atoms with E-state index in [0.29, 0.717) is 0 Å². The van der Waals surface area contributed by atoms with Gasteiger partial charge in [-0.3, -0.25) is 0 Å². The van der Waals surface area contributed by atoms with E-state index in [0.717, 1.165) is 88.4 Å². The van der Waals surface area contributed by atoms with Gasteiger partial charge in [-0.25, -0.2) is 0 Å². The summed E-state index contributed by atoms with van der Waals surface area (Å²) >= 11 is 5.78. The van der Waals surface area contributed by atoms with Gasteiger partial charge in [0.1, 0.15) is 11.5 Å². The highest BCUT2D eigenvalue weighted by Gasteiger charge is 2.22. The lowest BCUT2D eigenvalue weighted by Gasteiger charge is -2.24. The van der Waals surface area contributed by atoms with Gasteiger partial charge in [0.15, 0.2) is 6.29 Å². The Morgan fingerprint density at radius 2 is 1.58 bits per heavy atom. The minimum Gasteiger partial charge on any atom is -0.494 e. The van der Waals surface area contributed by atoms with Crippen LogP contribution in [0.25, 0.3) is 11.1 Å². The quantitative estimate of drug-likeness (QED) is 0.183. The number of allylic oxidation sites excluding steroid dienone is 1. The van der Waals surface area contributed by atoms with Crippen LogP contribution in [0.4, 0.5) is 0 Å². The Bertz CT molecular complexity index is 1180. The van der Waals surface area contributed by atoms with E-state index in [1.165, 1.54) is 39.8 Å². The van der Waals surface area contributed by atoms with Crippen molar-refractivity contribution >= 4 is 22.7 Å². The van der Waals surface area contributed by atoms with E-state index in [4.69, 9.17) is 25.8 Å². The molecule has 1 atom stereocenters. The third kappa shape index (κ3) is 7.01. The highest BCUT2D eigenvalue weighted by atomic mass is 35.5. The van der Waals surface area contributed by atoms with E-state index in [-0.39, 0.29) is 6.29 Å². The number of halogens is 1. The van der Waals surface area contributed by atoms with Gasteiger partial charge in [0.2, 0.25) is 0 Å². The first-order valence-corrected chi connectivity index (χ1v) is 14.8. The number of hydrogen-bond acceptors (Lipinski definition) is 3. The molecule has 4 heteroatoms. The molecule has 1 heterocycles. The zero-order chi connectivity index (χ0) is 26.0. The number of ether oxygens (including phenoxy) is 3. The number of hydrogen-bond donors (Lipinski definition) is 0. The van der Waals surface area contributed by atoms with Crippen molar-refractivity contribution in [1.82, 2.24) is 0 Å². The molecule has 3 aromatic rings. The van der Waals surface area contributed by atoms with Gasteiger partial charge in [-0.1, -0.05) is 61.4 Å². The molecule has 3 nitrogen and oxygen atoms in total. The Hall–Kier alpha value is -2.75. The van der Waals surface area contributed by atoms with Crippen LogP contribution in [0.1, 0.15) is 80.0 Å². The zero-order valence-corrected chi connectivity index (χ0v) is 23.1. The molecule has 1 saturated heterocycles. The van der Waals surface area contributed by atoms with Crippen molar-refractivity contribution in [3.05, 3.63) is 95.1 Å². The van der Waals surface area contributed by atoms with Crippen molar-refractivity contribution in [2.24, 2.45) is 0 Å². The molecule has 1 aliphatic carbocycles. The normalized spacial score (nSPS) is 17.6. The van der Waals surface area contributed by atoms with Crippen molar-refractivity contribution in [3.63, 3.8) is 0 Å². The summed E-state index contributed by atoms with van der Waals surface area (Å²) in [7, 11) is 0. The number of benzene rings is 3. The first-order chi connectivity index (χ1) is 18.8. The molecule has 38 heavy (non-hydrogen) atoms. The third-order valence-corrected chi connectivity index (χ3v) is 7.76. The number of unbranched alkanes of at least 4 members (excludes halogenated alkanes) is 3. The maximum absolute atomic E-state index is 6.24. The van der Waals surface area contributed by atoms with Crippen LogP contribution < -0.4 is 9.47 Å². The molecule has 0 N–H and O–H groups in total. The fourth-order valence-corrected chi connectivity index (χ4v) is 5.70. The Morgan fingerprint density at radius 1 is 0.763 bits per heavy atom. The van der Waals surface area contributed by atoms with E-state index in [9.17, 15) is 0 Å². The monoisotopic (exact) mass is 530 g/mol. The predicted molar refractivity (Wildman–Crippen MR) is 157 cm³/mol. The minimum absolute atomic E-state index is 0.129. The van der Waals surface area contributed by atoms with Gasteiger partial charge in [-0.2, -0.15) is 0 Å². The maximum Gasteiger partial charge on any atom is 0.199 e. The second-order valence-corrected chi connectivity index (χ2v) is 10.7. The molecule has 2 aliphatic rings. The van der Waals surface area contributed by atoms with Crippen molar-refractivity contribution in [3.8, 4) is 11.5 Å². The molecular formula is C34H39ClO3. The summed E-state index contributed by atoms with van der Waals surface area (Å²) in [5.41, 5.74) is 7.88. The first kappa shape index (κ1) is 26.8. The van der Waals surface area contributed by atoms with Crippen molar-refractivity contribution in [1.29, 1.82) is 0 Å². The second-order valence-electron chi connectivity index (χ2n) is 10.3. The van der Waals surface area contributed by atoms with E-state index in [1.54, 1.807) is 0 Å². The zero-order valence-electron chi connectivity index (χ0n) is 22.3. The molecule has 0 radical (unpaired) electrons. The van der Waals surface area contributed by atoms with Crippen LogP contribution >= 0.6 is 11.6 Å². The fraction of sp³-hybridized carbons (Fsp3) is 0.412. The van der Waals surface area contributed by atoms with E-state index in [1.807, 2.05) is 0 Å². The Balaban J connectivity index is 1.41. The van der Waals surface area contributed by atoms with Gasteiger partial charge < -0.3 is 14.2 Å². The summed E-state index contributed by atoms with van der Waals surface area (Å²) in [4.78, 5) is 0. The summed E-state index contributed by atoms with van der Waals surface area (Å²) < 4.78 is 18.1. The highest BCUT2D eigenvalue weighted by molar-refractivity contribution is 6.17. The molecule has 200 valence electrons. The standard InChI is InChI=1S/C34H39ClO3/c35-22-7-1-2-8-23-36-29-18-16-27(17-19-29)34-31(26-11-4-3-5-12-26)14-10-13-28-25-30(20-21-32(28)34)38-33-15-6-9-24-37-33/h3-5,11-12,16-21,25,33H,1-2,6-10,13-15,22-24H2. The molecule has 1 unspecified atom stereocenters. The van der Waals surface area contributed by atoms with Gasteiger partial charge in [-0.15, -0.1) is 11.6 Å². The van der Waals surface area contributed by atoms with Crippen LogP contribution in [-0.2, 0) is 11.2 Å². The van der Waals surface area contributed by atoms with E-state index >= 15 is 0 Å². The number of fused-ring (bicyclic) bond motifs is 1. The third-order valence-electron chi connectivity index (χ3n) is 7.49. The SMILES string of the molecule is ClCCCCCCOc1ccc(C2=C(c3ccccc3)CCCc3cc(OC4CCCCO4)ccc32)cc1. The molecule has 0 bridgehead atoms. The van der Waals surface area contributed by atoms with Crippen LogP contribution in [0.5, 0.6) is 11.5 Å². The molecule has 3 aromatic carbocycles. The van der Waals surface area contributed by atoms with E-state index < -0.39 is 0 Å². The van der Waals surface area contributed by atoms with Crippen molar-refractivity contribution < 1.29 is 14.2 Å². The van der Waals surface area contributed by atoms with Crippen molar-refractivity contribution in [2.75, 3.05) is 19.1 Å². The molecule has 1 aliphatic heterocycles. The van der Waals surface area contributed by atoms with Gasteiger partial charge in [-0.05, 0) is 103 Å². The summed E-state index contributed by atoms with van der Waals surface area (Å²) in [5.74, 6) is 2.58. The smallest absolute Gasteiger partial charge is 0.199 e. The molecule has 5 rings (SSSR count). The number of aryl methyl sites for hydroxylation is 1. The van der Waals surface area contributed by atoms with Crippen LogP contribution in [-0.4, -0.2) is 25.4 Å². The lowest BCUT2D eigenvalue weighted by atomic mass is 9.88. The predicted octanol–water partition coefficient (Wildman–Crippen LogP) is 9.07. The van der Waals surface area contributed by atoms with Gasteiger partial charge in [0.05, 0.1) is 13.2 Å². The van der Waals surface area contributed by atoms with Gasteiger partial charge in [0.25, 0.3) is 0 Å². The fourth-order valence-electron chi connectivity index (χ4n) is 5.51. The Labute approximate surface area is 232 Å². The van der Waals surface area contributed by atoms with Crippen LogP contribution in [0, 0.1) is 0 Å². The van der Waals surface area contributed by atoms with Crippen LogP contribution in [0.3, 0.4) is 0 Å². The summed E-state index contributed by atoms with van der Waals surface area (Å²) in [6.07, 6.45) is 10.8. The average molecular weight is 531 g/mol. The topological polar surface area (TPSA) is 27.7 Å². The molecular weight excluding hydrogens is 492 g/mol. The van der Waals surface area contributed by atoms with Crippen molar-refractivity contribution in [2.45, 2.75) is 70.5 Å². The molecule has 0 amide bonds. The lowest BCUT2D eigenvalue weighted by molar-refractivity contribution is -0.105. The largest absolute Gasteiger partial charge is 0.494 e. The average Bonchev–Trinajstić information content (AvgIpc) is 3.16. The number of rotatable bonds is 11. The lowest BCUT2D eigenvalue weighted by Crippen LogP contribution is -2.25. The Kier molecular flexibility index (Phi) is 9.80. The maximum atomic E-state index is 6.24. The molecule has 1 fully saturated rings. The van der Waals surface area contributed by atoms with Crippen LogP contribution in [0.2, 0.25) is 0 Å². The van der Waals surface area contributed by atoms with Gasteiger partial charge in [0, 0.05) is 12.3 Å². The van der Waals surface area contributed by atoms with Gasteiger partial charge >= 0.3 is 0 Å². The number of alkyl halides is 1.